The van der Waals surface area contributed by atoms with Gasteiger partial charge in [-0.1, -0.05) is 6.92 Å². The Bertz CT molecular complexity index is 473. The fourth-order valence-corrected chi connectivity index (χ4v) is 2.51. The average molecular weight is 292 g/mol. The lowest BCUT2D eigenvalue weighted by Crippen LogP contribution is -2.39. The Kier molecular flexibility index (Phi) is 6.65. The van der Waals surface area contributed by atoms with Crippen molar-refractivity contribution in [3.8, 4) is 5.75 Å². The third-order valence-corrected chi connectivity index (χ3v) is 3.62. The summed E-state index contributed by atoms with van der Waals surface area (Å²) in [7, 11) is 5.84. The van der Waals surface area contributed by atoms with Crippen molar-refractivity contribution in [1.29, 1.82) is 5.41 Å². The van der Waals surface area contributed by atoms with Crippen LogP contribution in [-0.2, 0) is 6.54 Å². The predicted octanol–water partition coefficient (Wildman–Crippen LogP) is 1.75. The number of nitrogens with zero attached hydrogens (tertiary/aromatic N) is 2. The summed E-state index contributed by atoms with van der Waals surface area (Å²) in [4.78, 5) is 4.58. The van der Waals surface area contributed by atoms with E-state index in [0.29, 0.717) is 6.04 Å². The monoisotopic (exact) mass is 292 g/mol. The first-order chi connectivity index (χ1) is 9.88. The molecule has 0 saturated heterocycles. The molecule has 1 aromatic carbocycles. The highest BCUT2D eigenvalue weighted by Crippen LogP contribution is 2.22. The van der Waals surface area contributed by atoms with Crippen molar-refractivity contribution in [2.45, 2.75) is 26.4 Å². The van der Waals surface area contributed by atoms with E-state index < -0.39 is 0 Å². The molecule has 1 aromatic rings. The highest BCUT2D eigenvalue weighted by Gasteiger charge is 2.16. The predicted molar refractivity (Wildman–Crippen MR) is 88.1 cm³/mol. The number of hydrogen-bond acceptors (Lipinski definition) is 4. The molecule has 0 amide bonds. The van der Waals surface area contributed by atoms with Gasteiger partial charge in [-0.25, -0.2) is 0 Å². The van der Waals surface area contributed by atoms with E-state index >= 15 is 0 Å². The molecule has 5 nitrogen and oxygen atoms in total. The van der Waals surface area contributed by atoms with Crippen LogP contribution in [0.15, 0.2) is 18.2 Å². The van der Waals surface area contributed by atoms with E-state index in [-0.39, 0.29) is 5.84 Å². The van der Waals surface area contributed by atoms with Crippen LogP contribution in [0.5, 0.6) is 5.75 Å². The number of rotatable bonds is 8. The van der Waals surface area contributed by atoms with Crippen LogP contribution in [0.4, 0.5) is 0 Å². The normalized spacial score (nSPS) is 12.7. The number of amidine groups is 1. The molecule has 21 heavy (non-hydrogen) atoms. The van der Waals surface area contributed by atoms with Crippen LogP contribution in [0, 0.1) is 5.41 Å². The summed E-state index contributed by atoms with van der Waals surface area (Å²) < 4.78 is 5.44. The van der Waals surface area contributed by atoms with E-state index in [4.69, 9.17) is 15.9 Å². The molecule has 5 heteroatoms. The minimum atomic E-state index is 0.0864. The van der Waals surface area contributed by atoms with Crippen LogP contribution in [0.3, 0.4) is 0 Å². The van der Waals surface area contributed by atoms with Crippen molar-refractivity contribution >= 4 is 5.84 Å². The van der Waals surface area contributed by atoms with Gasteiger partial charge in [0.2, 0.25) is 0 Å². The van der Waals surface area contributed by atoms with E-state index in [1.807, 2.05) is 18.2 Å². The molecule has 0 aliphatic heterocycles. The number of ether oxygens (including phenoxy) is 1. The number of benzene rings is 1. The van der Waals surface area contributed by atoms with Crippen LogP contribution >= 0.6 is 0 Å². The van der Waals surface area contributed by atoms with Crippen molar-refractivity contribution in [2.75, 3.05) is 34.3 Å². The molecule has 1 atom stereocenters. The van der Waals surface area contributed by atoms with Crippen LogP contribution in [0.2, 0.25) is 0 Å². The molecule has 1 rings (SSSR count). The van der Waals surface area contributed by atoms with E-state index in [1.54, 1.807) is 7.11 Å². The van der Waals surface area contributed by atoms with Crippen LogP contribution in [-0.4, -0.2) is 56.0 Å². The average Bonchev–Trinajstić information content (AvgIpc) is 2.43. The summed E-state index contributed by atoms with van der Waals surface area (Å²) in [6.07, 6.45) is 0. The first-order valence-corrected chi connectivity index (χ1v) is 7.29. The number of likely N-dealkylation sites (N-methyl/N-ethyl adjacent to an activating group) is 2. The van der Waals surface area contributed by atoms with Gasteiger partial charge < -0.3 is 15.4 Å². The van der Waals surface area contributed by atoms with Crippen LogP contribution < -0.4 is 10.5 Å². The van der Waals surface area contributed by atoms with E-state index in [0.717, 1.165) is 36.5 Å². The molecule has 118 valence electrons. The van der Waals surface area contributed by atoms with E-state index in [1.165, 1.54) is 0 Å². The van der Waals surface area contributed by atoms with Gasteiger partial charge in [0, 0.05) is 30.3 Å². The third kappa shape index (κ3) is 5.02. The van der Waals surface area contributed by atoms with Gasteiger partial charge in [0.15, 0.2) is 0 Å². The molecular formula is C16H28N4O. The van der Waals surface area contributed by atoms with Crippen molar-refractivity contribution in [3.63, 3.8) is 0 Å². The lowest BCUT2D eigenvalue weighted by molar-refractivity contribution is 0.172. The molecule has 0 aliphatic rings. The molecule has 0 heterocycles. The maximum atomic E-state index is 7.58. The second-order valence-corrected chi connectivity index (χ2v) is 5.61. The second-order valence-electron chi connectivity index (χ2n) is 5.61. The second kappa shape index (κ2) is 8.00. The minimum Gasteiger partial charge on any atom is -0.496 e. The molecule has 0 radical (unpaired) electrons. The molecule has 0 saturated carbocycles. The first-order valence-electron chi connectivity index (χ1n) is 7.29. The smallest absolute Gasteiger partial charge is 0.123 e. The highest BCUT2D eigenvalue weighted by atomic mass is 16.5. The zero-order chi connectivity index (χ0) is 16.0. The molecular weight excluding hydrogens is 264 g/mol. The number of nitrogen functional groups attached to an aromatic ring is 1. The maximum Gasteiger partial charge on any atom is 0.123 e. The van der Waals surface area contributed by atoms with Gasteiger partial charge in [0.25, 0.3) is 0 Å². The lowest BCUT2D eigenvalue weighted by Gasteiger charge is -2.30. The number of methoxy groups -OCH3 is 1. The summed E-state index contributed by atoms with van der Waals surface area (Å²) >= 11 is 0. The van der Waals surface area contributed by atoms with Gasteiger partial charge in [-0.3, -0.25) is 10.3 Å². The Hall–Kier alpha value is -1.59. The summed E-state index contributed by atoms with van der Waals surface area (Å²) in [6, 6.07) is 6.10. The Morgan fingerprint density at radius 1 is 1.38 bits per heavy atom. The van der Waals surface area contributed by atoms with E-state index in [2.05, 4.69) is 37.7 Å². The summed E-state index contributed by atoms with van der Waals surface area (Å²) in [5.74, 6) is 0.929. The molecule has 1 unspecified atom stereocenters. The van der Waals surface area contributed by atoms with Crippen molar-refractivity contribution in [2.24, 2.45) is 5.73 Å². The molecule has 3 N–H and O–H groups in total. The van der Waals surface area contributed by atoms with Crippen LogP contribution in [0.25, 0.3) is 0 Å². The topological polar surface area (TPSA) is 65.6 Å². The van der Waals surface area contributed by atoms with Crippen molar-refractivity contribution in [1.82, 2.24) is 9.80 Å². The van der Waals surface area contributed by atoms with Gasteiger partial charge in [0.1, 0.15) is 11.6 Å². The maximum absolute atomic E-state index is 7.58. The fourth-order valence-electron chi connectivity index (χ4n) is 2.51. The number of hydrogen-bond donors (Lipinski definition) is 2. The minimum absolute atomic E-state index is 0.0864. The summed E-state index contributed by atoms with van der Waals surface area (Å²) in [6.45, 7) is 7.14. The fraction of sp³-hybridized carbons (Fsp3) is 0.562. The SMILES string of the molecule is CCN(Cc1cc(C(=N)N)ccc1OC)C(C)CN(C)C. The third-order valence-electron chi connectivity index (χ3n) is 3.62. The Labute approximate surface area is 128 Å². The highest BCUT2D eigenvalue weighted by molar-refractivity contribution is 5.95. The molecule has 0 spiro atoms. The van der Waals surface area contributed by atoms with Gasteiger partial charge >= 0.3 is 0 Å². The standard InChI is InChI=1S/C16H28N4O/c1-6-20(12(2)10-19(3)4)11-14-9-13(16(17)18)7-8-15(14)21-5/h7-9,12H,6,10-11H2,1-5H3,(H3,17,18). The van der Waals surface area contributed by atoms with Crippen LogP contribution in [0.1, 0.15) is 25.0 Å². The van der Waals surface area contributed by atoms with Gasteiger partial charge in [0.05, 0.1) is 7.11 Å². The Balaban J connectivity index is 2.97. The van der Waals surface area contributed by atoms with Crippen molar-refractivity contribution in [3.05, 3.63) is 29.3 Å². The number of nitrogens with one attached hydrogen (secondary N) is 1. The van der Waals surface area contributed by atoms with Gasteiger partial charge in [-0.15, -0.1) is 0 Å². The van der Waals surface area contributed by atoms with E-state index in [9.17, 15) is 0 Å². The van der Waals surface area contributed by atoms with Gasteiger partial charge in [-0.05, 0) is 45.8 Å². The summed E-state index contributed by atoms with van der Waals surface area (Å²) in [5.41, 5.74) is 7.39. The molecule has 0 aromatic heterocycles. The quantitative estimate of drug-likeness (QED) is 0.566. The van der Waals surface area contributed by atoms with Crippen molar-refractivity contribution < 1.29 is 4.74 Å². The Morgan fingerprint density at radius 2 is 2.05 bits per heavy atom. The zero-order valence-corrected chi connectivity index (χ0v) is 13.8. The first kappa shape index (κ1) is 17.5. The molecule has 0 fully saturated rings. The van der Waals surface area contributed by atoms with Gasteiger partial charge in [-0.2, -0.15) is 0 Å². The summed E-state index contributed by atoms with van der Waals surface area (Å²) in [5, 5.41) is 7.58. The molecule has 0 bridgehead atoms. The lowest BCUT2D eigenvalue weighted by atomic mass is 10.1. The zero-order valence-electron chi connectivity index (χ0n) is 13.8. The number of nitrogens with two attached hydrogens (primary N) is 1. The molecule has 0 aliphatic carbocycles. The largest absolute Gasteiger partial charge is 0.496 e. The Morgan fingerprint density at radius 3 is 2.52 bits per heavy atom.